The van der Waals surface area contributed by atoms with E-state index in [1.807, 2.05) is 13.8 Å². The lowest BCUT2D eigenvalue weighted by molar-refractivity contribution is 0.239. The maximum atomic E-state index is 12.9. The minimum atomic E-state index is -0.303. The summed E-state index contributed by atoms with van der Waals surface area (Å²) in [6.07, 6.45) is 1.73. The number of piperidine rings is 1. The Kier molecular flexibility index (Phi) is 5.98. The zero-order valence-electron chi connectivity index (χ0n) is 12.0. The monoisotopic (exact) mass is 262 g/mol. The molecule has 0 amide bonds. The molecule has 2 rings (SSSR count). The number of nitriles is 1. The summed E-state index contributed by atoms with van der Waals surface area (Å²) in [5, 5.41) is 12.8. The predicted molar refractivity (Wildman–Crippen MR) is 76.3 cm³/mol. The average Bonchev–Trinajstić information content (AvgIpc) is 2.50. The molecular weight excluding hydrogens is 239 g/mol. The summed E-state index contributed by atoms with van der Waals surface area (Å²) in [4.78, 5) is 0. The first-order valence-electron chi connectivity index (χ1n) is 7.05. The van der Waals surface area contributed by atoms with Gasteiger partial charge >= 0.3 is 0 Å². The summed E-state index contributed by atoms with van der Waals surface area (Å²) in [7, 11) is 0. The molecule has 1 aliphatic rings. The van der Waals surface area contributed by atoms with Crippen LogP contribution in [-0.4, -0.2) is 13.1 Å². The van der Waals surface area contributed by atoms with Gasteiger partial charge in [-0.15, -0.1) is 0 Å². The van der Waals surface area contributed by atoms with Gasteiger partial charge in [0.2, 0.25) is 0 Å². The Hall–Kier alpha value is -1.40. The van der Waals surface area contributed by atoms with E-state index in [0.717, 1.165) is 31.5 Å². The molecule has 0 spiro atoms. The van der Waals surface area contributed by atoms with Gasteiger partial charge in [-0.25, -0.2) is 4.39 Å². The Morgan fingerprint density at radius 1 is 1.21 bits per heavy atom. The lowest BCUT2D eigenvalue weighted by atomic mass is 9.68. The molecule has 0 aromatic heterocycles. The van der Waals surface area contributed by atoms with Crippen LogP contribution in [0.1, 0.15) is 45.1 Å². The van der Waals surface area contributed by atoms with Gasteiger partial charge in [-0.2, -0.15) is 5.26 Å². The molecule has 1 saturated heterocycles. The lowest BCUT2D eigenvalue weighted by Gasteiger charge is -2.36. The Morgan fingerprint density at radius 2 is 1.74 bits per heavy atom. The van der Waals surface area contributed by atoms with Crippen molar-refractivity contribution in [2.75, 3.05) is 13.1 Å². The predicted octanol–water partition coefficient (Wildman–Crippen LogP) is 3.85. The quantitative estimate of drug-likeness (QED) is 0.878. The third-order valence-corrected chi connectivity index (χ3v) is 3.92. The second-order valence-corrected chi connectivity index (χ2v) is 4.79. The van der Waals surface area contributed by atoms with Crippen molar-refractivity contribution in [3.05, 3.63) is 35.6 Å². The van der Waals surface area contributed by atoms with Gasteiger partial charge in [0.05, 0.1) is 11.5 Å². The fourth-order valence-electron chi connectivity index (χ4n) is 2.59. The molecule has 1 unspecified atom stereocenters. The molecule has 1 fully saturated rings. The van der Waals surface area contributed by atoms with Crippen LogP contribution >= 0.6 is 0 Å². The summed E-state index contributed by atoms with van der Waals surface area (Å²) in [5.41, 5.74) is 0.748. The van der Waals surface area contributed by atoms with Crippen LogP contribution < -0.4 is 5.32 Å². The normalized spacial score (nSPS) is 18.7. The molecule has 104 valence electrons. The van der Waals surface area contributed by atoms with Crippen molar-refractivity contribution in [2.45, 2.75) is 39.5 Å². The smallest absolute Gasteiger partial charge is 0.123 e. The van der Waals surface area contributed by atoms with Crippen LogP contribution in [0.5, 0.6) is 0 Å². The van der Waals surface area contributed by atoms with E-state index in [2.05, 4.69) is 18.3 Å². The zero-order chi connectivity index (χ0) is 14.3. The van der Waals surface area contributed by atoms with Crippen molar-refractivity contribution in [3.8, 4) is 6.07 Å². The maximum absolute atomic E-state index is 12.9. The largest absolute Gasteiger partial charge is 0.317 e. The minimum absolute atomic E-state index is 0.148. The van der Waals surface area contributed by atoms with Crippen molar-refractivity contribution in [1.29, 1.82) is 5.26 Å². The van der Waals surface area contributed by atoms with Crippen molar-refractivity contribution in [2.24, 2.45) is 5.41 Å². The fourth-order valence-corrected chi connectivity index (χ4v) is 2.59. The molecule has 1 aromatic rings. The van der Waals surface area contributed by atoms with E-state index in [4.69, 9.17) is 0 Å². The van der Waals surface area contributed by atoms with Gasteiger partial charge in [-0.3, -0.25) is 0 Å². The summed E-state index contributed by atoms with van der Waals surface area (Å²) in [6, 6.07) is 9.02. The Balaban J connectivity index is 0.000000861. The first-order chi connectivity index (χ1) is 9.18. The Morgan fingerprint density at radius 3 is 2.21 bits per heavy atom. The van der Waals surface area contributed by atoms with Crippen molar-refractivity contribution < 1.29 is 4.39 Å². The second-order valence-electron chi connectivity index (χ2n) is 4.79. The van der Waals surface area contributed by atoms with Gasteiger partial charge in [-0.1, -0.05) is 32.9 Å². The Bertz CT molecular complexity index is 413. The third-order valence-electron chi connectivity index (χ3n) is 3.92. The molecular formula is C16H23FN2. The van der Waals surface area contributed by atoms with E-state index in [0.29, 0.717) is 0 Å². The summed E-state index contributed by atoms with van der Waals surface area (Å²) >= 11 is 0. The van der Waals surface area contributed by atoms with E-state index >= 15 is 0 Å². The van der Waals surface area contributed by atoms with Crippen LogP contribution in [0, 0.1) is 22.6 Å². The highest BCUT2D eigenvalue weighted by atomic mass is 19.1. The number of halogens is 1. The molecule has 1 heterocycles. The van der Waals surface area contributed by atoms with Crippen LogP contribution in [-0.2, 0) is 0 Å². The molecule has 1 atom stereocenters. The fraction of sp³-hybridized carbons (Fsp3) is 0.562. The van der Waals surface area contributed by atoms with Crippen molar-refractivity contribution in [3.63, 3.8) is 0 Å². The highest BCUT2D eigenvalue weighted by Gasteiger charge is 2.38. The summed E-state index contributed by atoms with van der Waals surface area (Å²) in [5.74, 6) is -0.0764. The third kappa shape index (κ3) is 3.54. The summed E-state index contributed by atoms with van der Waals surface area (Å²) in [6.45, 7) is 7.85. The molecule has 1 aliphatic heterocycles. The number of benzene rings is 1. The van der Waals surface area contributed by atoms with Crippen molar-refractivity contribution >= 4 is 0 Å². The van der Waals surface area contributed by atoms with Gasteiger partial charge in [0.15, 0.2) is 0 Å². The standard InChI is InChI=1S/C14H17FN2.C2H6/c1-11(12-2-4-13(15)5-3-12)14(10-16)6-8-17-9-7-14;1-2/h2-5,11,17H,6-9H2,1H3;1-2H3. The van der Waals surface area contributed by atoms with Crippen LogP contribution in [0.25, 0.3) is 0 Å². The van der Waals surface area contributed by atoms with Crippen LogP contribution in [0.15, 0.2) is 24.3 Å². The molecule has 2 nitrogen and oxygen atoms in total. The first-order valence-corrected chi connectivity index (χ1v) is 7.05. The van der Waals surface area contributed by atoms with E-state index < -0.39 is 0 Å². The highest BCUT2D eigenvalue weighted by molar-refractivity contribution is 5.25. The van der Waals surface area contributed by atoms with Crippen LogP contribution in [0.4, 0.5) is 4.39 Å². The number of rotatable bonds is 2. The molecule has 19 heavy (non-hydrogen) atoms. The van der Waals surface area contributed by atoms with E-state index in [1.54, 1.807) is 12.1 Å². The SMILES string of the molecule is CC.CC(c1ccc(F)cc1)C1(C#N)CCNCC1. The number of nitrogens with one attached hydrogen (secondary N) is 1. The van der Waals surface area contributed by atoms with E-state index in [1.165, 1.54) is 12.1 Å². The molecule has 0 saturated carbocycles. The van der Waals surface area contributed by atoms with Gasteiger partial charge in [0.1, 0.15) is 5.82 Å². The van der Waals surface area contributed by atoms with Gasteiger partial charge in [0, 0.05) is 0 Å². The minimum Gasteiger partial charge on any atom is -0.317 e. The second kappa shape index (κ2) is 7.25. The number of nitrogens with zero attached hydrogens (tertiary/aromatic N) is 1. The lowest BCUT2D eigenvalue weighted by Crippen LogP contribution is -2.39. The zero-order valence-corrected chi connectivity index (χ0v) is 12.0. The molecule has 0 aliphatic carbocycles. The molecule has 0 bridgehead atoms. The number of hydrogen-bond acceptors (Lipinski definition) is 2. The summed E-state index contributed by atoms with van der Waals surface area (Å²) < 4.78 is 12.9. The van der Waals surface area contributed by atoms with E-state index in [9.17, 15) is 9.65 Å². The average molecular weight is 262 g/mol. The highest BCUT2D eigenvalue weighted by Crippen LogP contribution is 2.42. The van der Waals surface area contributed by atoms with Gasteiger partial charge in [0.25, 0.3) is 0 Å². The molecule has 3 heteroatoms. The van der Waals surface area contributed by atoms with E-state index in [-0.39, 0.29) is 17.2 Å². The molecule has 0 radical (unpaired) electrons. The van der Waals surface area contributed by atoms with Crippen LogP contribution in [0.2, 0.25) is 0 Å². The molecule has 1 N–H and O–H groups in total. The number of hydrogen-bond donors (Lipinski definition) is 1. The van der Waals surface area contributed by atoms with Crippen molar-refractivity contribution in [1.82, 2.24) is 5.32 Å². The van der Waals surface area contributed by atoms with Crippen LogP contribution in [0.3, 0.4) is 0 Å². The topological polar surface area (TPSA) is 35.8 Å². The maximum Gasteiger partial charge on any atom is 0.123 e. The molecule has 1 aromatic carbocycles. The van der Waals surface area contributed by atoms with Gasteiger partial charge < -0.3 is 5.32 Å². The van der Waals surface area contributed by atoms with Gasteiger partial charge in [-0.05, 0) is 49.5 Å². The first kappa shape index (κ1) is 15.7. The Labute approximate surface area is 115 Å².